The molecule has 0 fully saturated rings. The Morgan fingerprint density at radius 3 is 2.62 bits per heavy atom. The van der Waals surface area contributed by atoms with Crippen molar-refractivity contribution in [1.82, 2.24) is 10.3 Å². The van der Waals surface area contributed by atoms with E-state index in [9.17, 15) is 14.0 Å². The van der Waals surface area contributed by atoms with E-state index in [1.807, 2.05) is 29.6 Å². The summed E-state index contributed by atoms with van der Waals surface area (Å²) in [7, 11) is 0. The number of benzene rings is 2. The fraction of sp³-hybridized carbons (Fsp3) is 0.190. The number of thioether (sulfide) groups is 1. The minimum absolute atomic E-state index is 0.0683. The van der Waals surface area contributed by atoms with Crippen LogP contribution in [0.4, 0.5) is 9.52 Å². The Morgan fingerprint density at radius 1 is 1.14 bits per heavy atom. The Balaban J connectivity index is 1.50. The van der Waals surface area contributed by atoms with Crippen molar-refractivity contribution in [3.8, 4) is 11.3 Å². The first-order valence-electron chi connectivity index (χ1n) is 8.98. The van der Waals surface area contributed by atoms with E-state index in [0.29, 0.717) is 22.3 Å². The smallest absolute Gasteiger partial charge is 0.226 e. The fourth-order valence-corrected chi connectivity index (χ4v) is 4.10. The maximum absolute atomic E-state index is 13.6. The molecular formula is C21H20FN3O2S2. The maximum atomic E-state index is 13.6. The predicted molar refractivity (Wildman–Crippen MR) is 115 cm³/mol. The van der Waals surface area contributed by atoms with Gasteiger partial charge in [0.2, 0.25) is 11.8 Å². The molecule has 2 amide bonds. The van der Waals surface area contributed by atoms with Gasteiger partial charge in [-0.25, -0.2) is 9.37 Å². The number of nitrogens with zero attached hydrogens (tertiary/aromatic N) is 1. The van der Waals surface area contributed by atoms with Crippen molar-refractivity contribution < 1.29 is 14.0 Å². The summed E-state index contributed by atoms with van der Waals surface area (Å²) in [6.07, 6.45) is 0.270. The minimum atomic E-state index is -0.273. The number of hydrogen-bond acceptors (Lipinski definition) is 5. The summed E-state index contributed by atoms with van der Waals surface area (Å²) in [5, 5.41) is 7.96. The zero-order chi connectivity index (χ0) is 20.6. The first kappa shape index (κ1) is 21.0. The number of carbonyl (C=O) groups excluding carboxylic acids is 2. The number of anilines is 1. The Bertz CT molecular complexity index is 990. The quantitative estimate of drug-likeness (QED) is 0.509. The molecule has 0 atom stereocenters. The van der Waals surface area contributed by atoms with E-state index in [-0.39, 0.29) is 24.1 Å². The van der Waals surface area contributed by atoms with Gasteiger partial charge in [-0.3, -0.25) is 9.59 Å². The molecule has 0 unspecified atom stereocenters. The summed E-state index contributed by atoms with van der Waals surface area (Å²) in [5.41, 5.74) is 2.71. The first-order valence-corrected chi connectivity index (χ1v) is 10.8. The Hall–Kier alpha value is -2.71. The van der Waals surface area contributed by atoms with Crippen LogP contribution < -0.4 is 10.6 Å². The molecule has 2 N–H and O–H groups in total. The van der Waals surface area contributed by atoms with Gasteiger partial charge in [0.25, 0.3) is 0 Å². The van der Waals surface area contributed by atoms with Crippen molar-refractivity contribution in [2.24, 2.45) is 0 Å². The van der Waals surface area contributed by atoms with Crippen LogP contribution in [0.2, 0.25) is 0 Å². The fourth-order valence-electron chi connectivity index (χ4n) is 2.48. The summed E-state index contributed by atoms with van der Waals surface area (Å²) in [4.78, 5) is 28.1. The van der Waals surface area contributed by atoms with Crippen LogP contribution in [0.15, 0.2) is 58.8 Å². The van der Waals surface area contributed by atoms with Crippen LogP contribution >= 0.6 is 23.1 Å². The molecule has 1 aromatic heterocycles. The Morgan fingerprint density at radius 2 is 1.90 bits per heavy atom. The molecule has 0 aliphatic rings. The van der Waals surface area contributed by atoms with Crippen molar-refractivity contribution in [1.29, 1.82) is 0 Å². The van der Waals surface area contributed by atoms with Crippen LogP contribution in [0.25, 0.3) is 11.3 Å². The second-order valence-corrected chi connectivity index (χ2v) is 8.22. The molecule has 0 radical (unpaired) electrons. The summed E-state index contributed by atoms with van der Waals surface area (Å²) >= 11 is 2.67. The number of halogens is 1. The number of carbonyl (C=O) groups is 2. The van der Waals surface area contributed by atoms with Gasteiger partial charge in [-0.1, -0.05) is 36.4 Å². The lowest BCUT2D eigenvalue weighted by Gasteiger charge is -2.04. The first-order chi connectivity index (χ1) is 14.0. The monoisotopic (exact) mass is 429 g/mol. The third kappa shape index (κ3) is 6.40. The van der Waals surface area contributed by atoms with Crippen LogP contribution in [0.3, 0.4) is 0 Å². The maximum Gasteiger partial charge on any atom is 0.226 e. The van der Waals surface area contributed by atoms with Gasteiger partial charge in [0.15, 0.2) is 5.13 Å². The van der Waals surface area contributed by atoms with Crippen LogP contribution in [-0.4, -0.2) is 22.6 Å². The standard InChI is InChI=1S/C21H20FN3O2S2/c1-14(26)23-12-15-6-8-16(9-7-15)18-13-29-21(24-18)25-20(27)10-11-28-19-5-3-2-4-17(19)22/h2-9,13H,10-12H2,1H3,(H,23,26)(H,24,25,27). The molecule has 2 aromatic carbocycles. The van der Waals surface area contributed by atoms with Gasteiger partial charge in [0, 0.05) is 41.5 Å². The largest absolute Gasteiger partial charge is 0.352 e. The van der Waals surface area contributed by atoms with Gasteiger partial charge >= 0.3 is 0 Å². The van der Waals surface area contributed by atoms with E-state index in [4.69, 9.17) is 0 Å². The number of amides is 2. The highest BCUT2D eigenvalue weighted by Crippen LogP contribution is 2.26. The SMILES string of the molecule is CC(=O)NCc1ccc(-c2csc(NC(=O)CCSc3ccccc3F)n2)cc1. The molecule has 0 aliphatic heterocycles. The Kier molecular flexibility index (Phi) is 7.37. The van der Waals surface area contributed by atoms with E-state index in [1.54, 1.807) is 18.2 Å². The van der Waals surface area contributed by atoms with E-state index in [0.717, 1.165) is 16.8 Å². The molecule has 1 heterocycles. The summed E-state index contributed by atoms with van der Waals surface area (Å²) < 4.78 is 13.6. The molecule has 0 spiro atoms. The molecular weight excluding hydrogens is 409 g/mol. The van der Waals surface area contributed by atoms with Crippen LogP contribution in [-0.2, 0) is 16.1 Å². The highest BCUT2D eigenvalue weighted by molar-refractivity contribution is 7.99. The topological polar surface area (TPSA) is 71.1 Å². The highest BCUT2D eigenvalue weighted by atomic mass is 32.2. The molecule has 5 nitrogen and oxygen atoms in total. The molecule has 29 heavy (non-hydrogen) atoms. The van der Waals surface area contributed by atoms with E-state index in [2.05, 4.69) is 15.6 Å². The minimum Gasteiger partial charge on any atom is -0.352 e. The van der Waals surface area contributed by atoms with Gasteiger partial charge in [-0.05, 0) is 17.7 Å². The van der Waals surface area contributed by atoms with Gasteiger partial charge < -0.3 is 10.6 Å². The average Bonchev–Trinajstić information content (AvgIpc) is 3.16. The van der Waals surface area contributed by atoms with E-state index in [1.165, 1.54) is 36.1 Å². The molecule has 0 aliphatic carbocycles. The number of nitrogens with one attached hydrogen (secondary N) is 2. The zero-order valence-electron chi connectivity index (χ0n) is 15.8. The van der Waals surface area contributed by atoms with Gasteiger partial charge in [0.05, 0.1) is 5.69 Å². The Labute approximate surface area is 176 Å². The number of aromatic nitrogens is 1. The lowest BCUT2D eigenvalue weighted by Crippen LogP contribution is -2.18. The molecule has 3 rings (SSSR count). The highest BCUT2D eigenvalue weighted by Gasteiger charge is 2.09. The summed E-state index contributed by atoms with van der Waals surface area (Å²) in [6.45, 7) is 1.97. The average molecular weight is 430 g/mol. The molecule has 0 saturated carbocycles. The van der Waals surface area contributed by atoms with Crippen molar-refractivity contribution >= 4 is 40.0 Å². The summed E-state index contributed by atoms with van der Waals surface area (Å²) in [6, 6.07) is 14.3. The van der Waals surface area contributed by atoms with Gasteiger partial charge in [-0.2, -0.15) is 0 Å². The third-order valence-corrected chi connectivity index (χ3v) is 5.77. The van der Waals surface area contributed by atoms with Crippen LogP contribution in [0.1, 0.15) is 18.9 Å². The second-order valence-electron chi connectivity index (χ2n) is 6.22. The molecule has 0 saturated heterocycles. The molecule has 150 valence electrons. The predicted octanol–water partition coefficient (Wildman–Crippen LogP) is 4.71. The van der Waals surface area contributed by atoms with E-state index >= 15 is 0 Å². The van der Waals surface area contributed by atoms with Gasteiger partial charge in [-0.15, -0.1) is 23.1 Å². The zero-order valence-corrected chi connectivity index (χ0v) is 17.4. The molecule has 0 bridgehead atoms. The van der Waals surface area contributed by atoms with Gasteiger partial charge in [0.1, 0.15) is 5.82 Å². The van der Waals surface area contributed by atoms with E-state index < -0.39 is 0 Å². The second kappa shape index (κ2) is 10.2. The van der Waals surface area contributed by atoms with Crippen molar-refractivity contribution in [2.75, 3.05) is 11.1 Å². The van der Waals surface area contributed by atoms with Crippen molar-refractivity contribution in [3.63, 3.8) is 0 Å². The lowest BCUT2D eigenvalue weighted by molar-refractivity contribution is -0.119. The number of hydrogen-bond donors (Lipinski definition) is 2. The summed E-state index contributed by atoms with van der Waals surface area (Å²) in [5.74, 6) is -0.00645. The number of rotatable bonds is 8. The number of thiazole rings is 1. The van der Waals surface area contributed by atoms with Crippen molar-refractivity contribution in [2.45, 2.75) is 24.8 Å². The third-order valence-electron chi connectivity index (χ3n) is 3.97. The normalized spacial score (nSPS) is 10.6. The van der Waals surface area contributed by atoms with Crippen LogP contribution in [0, 0.1) is 5.82 Å². The van der Waals surface area contributed by atoms with Crippen LogP contribution in [0.5, 0.6) is 0 Å². The van der Waals surface area contributed by atoms with Crippen molar-refractivity contribution in [3.05, 3.63) is 65.3 Å². The molecule has 8 heteroatoms. The lowest BCUT2D eigenvalue weighted by atomic mass is 10.1. The molecule has 3 aromatic rings.